The summed E-state index contributed by atoms with van der Waals surface area (Å²) in [6.45, 7) is 1.74. The summed E-state index contributed by atoms with van der Waals surface area (Å²) in [7, 11) is 0. The van der Waals surface area contributed by atoms with Crippen LogP contribution >= 0.6 is 0 Å². The minimum atomic E-state index is -1.05. The number of nitrogens with one attached hydrogen (secondary N) is 1. The molecule has 2 aromatic carbocycles. The van der Waals surface area contributed by atoms with E-state index in [0.717, 1.165) is 32.1 Å². The molecule has 2 saturated heterocycles. The fourth-order valence-corrected chi connectivity index (χ4v) is 7.89. The Balaban J connectivity index is 1.26. The largest absolute Gasteiger partial charge is 0.508 e. The predicted molar refractivity (Wildman–Crippen MR) is 161 cm³/mol. The highest BCUT2D eigenvalue weighted by molar-refractivity contribution is 6.03. The van der Waals surface area contributed by atoms with Crippen LogP contribution in [-0.4, -0.2) is 57.5 Å². The van der Waals surface area contributed by atoms with Crippen molar-refractivity contribution in [2.45, 2.75) is 69.1 Å². The van der Waals surface area contributed by atoms with E-state index >= 15 is 4.39 Å². The molecule has 2 N–H and O–H groups in total. The molecule has 4 aromatic rings. The third kappa shape index (κ3) is 4.43. The van der Waals surface area contributed by atoms with Crippen LogP contribution in [0.5, 0.6) is 11.8 Å². The Morgan fingerprint density at radius 3 is 2.48 bits per heavy atom. The van der Waals surface area contributed by atoms with Gasteiger partial charge in [-0.3, -0.25) is 4.98 Å². The SMILES string of the molecule is C#Cc1c(F)ccc2cc(O)cc(-c3ncc4c(N5C[C@H]6CC[C@@H](C5)N6)nc(OCC56CCC(F)(CC5)CC6)nc4c3F)c12. The number of phenols is 1. The molecule has 3 aliphatic carbocycles. The molecule has 5 aliphatic rings. The summed E-state index contributed by atoms with van der Waals surface area (Å²) in [4.78, 5) is 16.0. The molecule has 0 radical (unpaired) electrons. The number of ether oxygens (including phenoxy) is 1. The quantitative estimate of drug-likeness (QED) is 0.265. The number of aromatic nitrogens is 3. The highest BCUT2D eigenvalue weighted by atomic mass is 19.1. The van der Waals surface area contributed by atoms with E-state index in [2.05, 4.69) is 26.1 Å². The van der Waals surface area contributed by atoms with Crippen LogP contribution in [0.25, 0.3) is 32.9 Å². The summed E-state index contributed by atoms with van der Waals surface area (Å²) in [5, 5.41) is 15.3. The number of hydrogen-bond acceptors (Lipinski definition) is 7. The van der Waals surface area contributed by atoms with Crippen LogP contribution in [0.15, 0.2) is 30.5 Å². The van der Waals surface area contributed by atoms with Crippen LogP contribution in [-0.2, 0) is 0 Å². The summed E-state index contributed by atoms with van der Waals surface area (Å²) >= 11 is 0. The van der Waals surface area contributed by atoms with Gasteiger partial charge < -0.3 is 20.1 Å². The number of hydrogen-bond donors (Lipinski definition) is 2. The topological polar surface area (TPSA) is 83.4 Å². The van der Waals surface area contributed by atoms with E-state index < -0.39 is 17.3 Å². The van der Waals surface area contributed by atoms with E-state index in [4.69, 9.17) is 16.1 Å². The lowest BCUT2D eigenvalue weighted by Crippen LogP contribution is -2.51. The van der Waals surface area contributed by atoms with E-state index in [1.165, 1.54) is 30.5 Å². The molecule has 44 heavy (non-hydrogen) atoms. The minimum Gasteiger partial charge on any atom is -0.508 e. The standard InChI is InChI=1S/C34H32F3N5O2/c1-2-23-26(35)6-3-19-13-22(43)14-24(27(19)23)29-28(36)30-25(15-38-29)31(42-16-20-4-5-21(17-42)39-20)41-32(40-30)44-18-33-7-10-34(37,11-8-33)12-9-33/h1,3,6,13-15,20-21,39,43H,4-5,7-12,16-18H2/t20-,21+,33?,34?. The fraction of sp³-hybridized carbons (Fsp3) is 0.441. The normalized spacial score (nSPS) is 27.6. The van der Waals surface area contributed by atoms with Gasteiger partial charge in [-0.25, -0.2) is 13.2 Å². The van der Waals surface area contributed by atoms with Crippen LogP contribution in [0.2, 0.25) is 0 Å². The number of terminal acetylenes is 1. The molecule has 226 valence electrons. The van der Waals surface area contributed by atoms with E-state index in [-0.39, 0.29) is 44.9 Å². The van der Waals surface area contributed by atoms with Crippen molar-refractivity contribution in [3.8, 4) is 35.4 Å². The summed E-state index contributed by atoms with van der Waals surface area (Å²) in [5.74, 6) is 1.41. The number of fused-ring (bicyclic) bond motifs is 7. The van der Waals surface area contributed by atoms with Crippen molar-refractivity contribution in [3.63, 3.8) is 0 Å². The highest BCUT2D eigenvalue weighted by Gasteiger charge is 2.49. The summed E-state index contributed by atoms with van der Waals surface area (Å²) in [6.07, 6.45) is 13.1. The van der Waals surface area contributed by atoms with E-state index in [1.807, 2.05) is 0 Å². The first-order valence-corrected chi connectivity index (χ1v) is 15.3. The second-order valence-electron chi connectivity index (χ2n) is 13.2. The zero-order valence-electron chi connectivity index (χ0n) is 24.2. The van der Waals surface area contributed by atoms with Gasteiger partial charge in [0.1, 0.15) is 34.3 Å². The van der Waals surface area contributed by atoms with Crippen LogP contribution < -0.4 is 15.0 Å². The van der Waals surface area contributed by atoms with Gasteiger partial charge in [0.2, 0.25) is 0 Å². The van der Waals surface area contributed by atoms with Crippen molar-refractivity contribution < 1.29 is 23.0 Å². The molecule has 5 fully saturated rings. The smallest absolute Gasteiger partial charge is 0.319 e. The minimum absolute atomic E-state index is 0.0172. The van der Waals surface area contributed by atoms with Crippen LogP contribution in [0.1, 0.15) is 56.9 Å². The van der Waals surface area contributed by atoms with Gasteiger partial charge in [-0.05, 0) is 75.0 Å². The van der Waals surface area contributed by atoms with Crippen molar-refractivity contribution in [1.29, 1.82) is 0 Å². The number of rotatable bonds is 5. The molecule has 3 saturated carbocycles. The number of piperazine rings is 1. The van der Waals surface area contributed by atoms with Gasteiger partial charge in [-0.1, -0.05) is 12.0 Å². The molecule has 9 rings (SSSR count). The fourth-order valence-electron chi connectivity index (χ4n) is 7.89. The summed E-state index contributed by atoms with van der Waals surface area (Å²) in [6, 6.07) is 6.17. The molecular formula is C34H32F3N5O2. The third-order valence-corrected chi connectivity index (χ3v) is 10.4. The van der Waals surface area contributed by atoms with Crippen LogP contribution in [0.3, 0.4) is 0 Å². The van der Waals surface area contributed by atoms with Crippen molar-refractivity contribution >= 4 is 27.5 Å². The Morgan fingerprint density at radius 2 is 1.77 bits per heavy atom. The first kappa shape index (κ1) is 27.4. The molecule has 0 amide bonds. The van der Waals surface area contributed by atoms with Gasteiger partial charge in [0.15, 0.2) is 5.82 Å². The molecule has 0 spiro atoms. The maximum atomic E-state index is 16.7. The number of aromatic hydroxyl groups is 1. The number of benzene rings is 2. The number of phenolic OH excluding ortho intramolecular Hbond substituents is 1. The second kappa shape index (κ2) is 9.96. The number of anilines is 1. The molecule has 4 bridgehead atoms. The Morgan fingerprint density at radius 1 is 1.05 bits per heavy atom. The number of pyridine rings is 1. The maximum Gasteiger partial charge on any atom is 0.319 e. The van der Waals surface area contributed by atoms with E-state index in [9.17, 15) is 13.9 Å². The Bertz CT molecular complexity index is 1840. The molecule has 7 nitrogen and oxygen atoms in total. The van der Waals surface area contributed by atoms with Gasteiger partial charge in [0, 0.05) is 47.7 Å². The van der Waals surface area contributed by atoms with Gasteiger partial charge in [0.05, 0.1) is 17.6 Å². The first-order chi connectivity index (χ1) is 21.2. The highest BCUT2D eigenvalue weighted by Crippen LogP contribution is 2.54. The van der Waals surface area contributed by atoms with Gasteiger partial charge in [-0.15, -0.1) is 6.42 Å². The Hall–Kier alpha value is -4.10. The molecule has 0 unspecified atom stereocenters. The van der Waals surface area contributed by atoms with Crippen molar-refractivity contribution in [2.24, 2.45) is 5.41 Å². The molecule has 2 aromatic heterocycles. The molecule has 4 heterocycles. The van der Waals surface area contributed by atoms with E-state index in [1.54, 1.807) is 0 Å². The zero-order chi connectivity index (χ0) is 30.2. The lowest BCUT2D eigenvalue weighted by Gasteiger charge is -2.49. The van der Waals surface area contributed by atoms with E-state index in [0.29, 0.717) is 67.6 Å². The van der Waals surface area contributed by atoms with Crippen molar-refractivity contribution in [3.05, 3.63) is 47.7 Å². The van der Waals surface area contributed by atoms with Crippen molar-refractivity contribution in [1.82, 2.24) is 20.3 Å². The average Bonchev–Trinajstić information content (AvgIpc) is 3.37. The Kier molecular flexibility index (Phi) is 6.21. The molecule has 2 atom stereocenters. The second-order valence-corrected chi connectivity index (χ2v) is 13.2. The summed E-state index contributed by atoms with van der Waals surface area (Å²) in [5.41, 5.74) is -1.18. The monoisotopic (exact) mass is 599 g/mol. The first-order valence-electron chi connectivity index (χ1n) is 15.3. The van der Waals surface area contributed by atoms with Crippen molar-refractivity contribution in [2.75, 3.05) is 24.6 Å². The van der Waals surface area contributed by atoms with Crippen LogP contribution in [0.4, 0.5) is 19.0 Å². The lowest BCUT2D eigenvalue weighted by molar-refractivity contribution is -0.0559. The predicted octanol–water partition coefficient (Wildman–Crippen LogP) is 6.19. The number of alkyl halides is 1. The maximum absolute atomic E-state index is 16.7. The Labute approximate surface area is 252 Å². The average molecular weight is 600 g/mol. The third-order valence-electron chi connectivity index (χ3n) is 10.4. The zero-order valence-corrected chi connectivity index (χ0v) is 24.2. The lowest BCUT2D eigenvalue weighted by atomic mass is 9.60. The van der Waals surface area contributed by atoms with Gasteiger partial charge in [0.25, 0.3) is 0 Å². The number of nitrogens with zero attached hydrogens (tertiary/aromatic N) is 4. The van der Waals surface area contributed by atoms with Gasteiger partial charge in [-0.2, -0.15) is 9.97 Å². The summed E-state index contributed by atoms with van der Waals surface area (Å²) < 4.78 is 52.6. The van der Waals surface area contributed by atoms with Crippen LogP contribution in [0, 0.1) is 29.4 Å². The molecule has 2 aliphatic heterocycles. The van der Waals surface area contributed by atoms with Gasteiger partial charge >= 0.3 is 6.01 Å². The number of halogens is 3. The molecule has 10 heteroatoms. The molecular weight excluding hydrogens is 567 g/mol.